The Hall–Kier alpha value is -1.06. The first kappa shape index (κ1) is 14.9. The average Bonchev–Trinajstić information content (AvgIpc) is 2.13. The maximum absolute atomic E-state index is 11.6. The van der Waals surface area contributed by atoms with E-state index in [1.54, 1.807) is 6.92 Å². The summed E-state index contributed by atoms with van der Waals surface area (Å²) in [5.41, 5.74) is 0. The van der Waals surface area contributed by atoms with Gasteiger partial charge in [0.2, 0.25) is 11.8 Å². The maximum Gasteiger partial charge on any atom is 0.242 e. The van der Waals surface area contributed by atoms with Crippen molar-refractivity contribution in [1.82, 2.24) is 10.6 Å². The van der Waals surface area contributed by atoms with Gasteiger partial charge in [-0.2, -0.15) is 0 Å². The monoisotopic (exact) mass is 228 g/mol. The zero-order valence-corrected chi connectivity index (χ0v) is 11.0. The molecule has 0 aliphatic carbocycles. The normalized spacial score (nSPS) is 14.4. The SMILES string of the molecule is CC(=O)NC(C)C(=O)NC(C)CCC(C)C. The van der Waals surface area contributed by atoms with Gasteiger partial charge in [-0.15, -0.1) is 0 Å². The Morgan fingerprint density at radius 3 is 2.00 bits per heavy atom. The Labute approximate surface area is 98.2 Å². The molecule has 4 heteroatoms. The fourth-order valence-electron chi connectivity index (χ4n) is 1.39. The molecule has 0 aliphatic rings. The number of hydrogen-bond donors (Lipinski definition) is 2. The average molecular weight is 228 g/mol. The molecule has 2 amide bonds. The second-order valence-electron chi connectivity index (χ2n) is 4.80. The van der Waals surface area contributed by atoms with Crippen LogP contribution in [0.3, 0.4) is 0 Å². The lowest BCUT2D eigenvalue weighted by Crippen LogP contribution is -2.46. The van der Waals surface area contributed by atoms with Crippen LogP contribution in [0.1, 0.15) is 47.5 Å². The number of rotatable bonds is 6. The van der Waals surface area contributed by atoms with Gasteiger partial charge in [0.15, 0.2) is 0 Å². The van der Waals surface area contributed by atoms with Gasteiger partial charge in [0.25, 0.3) is 0 Å². The molecule has 0 saturated heterocycles. The lowest BCUT2D eigenvalue weighted by Gasteiger charge is -2.18. The predicted octanol–water partition coefficient (Wildman–Crippen LogP) is 1.45. The van der Waals surface area contributed by atoms with E-state index in [1.165, 1.54) is 6.92 Å². The molecule has 0 fully saturated rings. The highest BCUT2D eigenvalue weighted by Gasteiger charge is 2.15. The first-order valence-corrected chi connectivity index (χ1v) is 5.90. The molecule has 0 aliphatic heterocycles. The summed E-state index contributed by atoms with van der Waals surface area (Å²) >= 11 is 0. The molecule has 16 heavy (non-hydrogen) atoms. The summed E-state index contributed by atoms with van der Waals surface area (Å²) in [5, 5.41) is 5.45. The van der Waals surface area contributed by atoms with Crippen LogP contribution >= 0.6 is 0 Å². The van der Waals surface area contributed by atoms with E-state index in [0.717, 1.165) is 12.8 Å². The molecule has 0 aromatic rings. The molecule has 2 unspecified atom stereocenters. The van der Waals surface area contributed by atoms with Crippen molar-refractivity contribution in [2.45, 2.75) is 59.5 Å². The zero-order chi connectivity index (χ0) is 12.7. The quantitative estimate of drug-likeness (QED) is 0.723. The van der Waals surface area contributed by atoms with Gasteiger partial charge < -0.3 is 10.6 Å². The van der Waals surface area contributed by atoms with E-state index in [1.807, 2.05) is 6.92 Å². The van der Waals surface area contributed by atoms with E-state index in [0.29, 0.717) is 5.92 Å². The van der Waals surface area contributed by atoms with Crippen molar-refractivity contribution in [2.24, 2.45) is 5.92 Å². The van der Waals surface area contributed by atoms with Gasteiger partial charge >= 0.3 is 0 Å². The lowest BCUT2D eigenvalue weighted by atomic mass is 10.0. The molecule has 0 radical (unpaired) electrons. The van der Waals surface area contributed by atoms with Crippen LogP contribution in [0.2, 0.25) is 0 Å². The molecule has 0 aromatic heterocycles. The van der Waals surface area contributed by atoms with Crippen LogP contribution in [0.15, 0.2) is 0 Å². The summed E-state index contributed by atoms with van der Waals surface area (Å²) in [6.45, 7) is 9.40. The molecule has 0 bridgehead atoms. The number of hydrogen-bond acceptors (Lipinski definition) is 2. The number of amides is 2. The van der Waals surface area contributed by atoms with E-state index in [4.69, 9.17) is 0 Å². The predicted molar refractivity (Wildman–Crippen MR) is 65.0 cm³/mol. The molecular formula is C12H24N2O2. The summed E-state index contributed by atoms with van der Waals surface area (Å²) in [6, 6.07) is -0.301. The van der Waals surface area contributed by atoms with Gasteiger partial charge in [0, 0.05) is 13.0 Å². The molecule has 0 aromatic carbocycles. The molecule has 2 atom stereocenters. The molecule has 94 valence electrons. The minimum absolute atomic E-state index is 0.119. The maximum atomic E-state index is 11.6. The van der Waals surface area contributed by atoms with Gasteiger partial charge in [-0.1, -0.05) is 13.8 Å². The first-order valence-electron chi connectivity index (χ1n) is 5.90. The third-order valence-electron chi connectivity index (χ3n) is 2.38. The van der Waals surface area contributed by atoms with Gasteiger partial charge in [-0.3, -0.25) is 9.59 Å². The Morgan fingerprint density at radius 2 is 1.56 bits per heavy atom. The van der Waals surface area contributed by atoms with Crippen molar-refractivity contribution in [3.8, 4) is 0 Å². The summed E-state index contributed by atoms with van der Waals surface area (Å²) in [5.74, 6) is 0.344. The summed E-state index contributed by atoms with van der Waals surface area (Å²) in [6.07, 6.45) is 2.06. The van der Waals surface area contributed by atoms with Crippen molar-refractivity contribution < 1.29 is 9.59 Å². The highest BCUT2D eigenvalue weighted by Crippen LogP contribution is 2.06. The van der Waals surface area contributed by atoms with Gasteiger partial charge in [-0.25, -0.2) is 0 Å². The van der Waals surface area contributed by atoms with Gasteiger partial charge in [0.05, 0.1) is 0 Å². The van der Waals surface area contributed by atoms with Crippen molar-refractivity contribution >= 4 is 11.8 Å². The highest BCUT2D eigenvalue weighted by atomic mass is 16.2. The van der Waals surface area contributed by atoms with E-state index in [9.17, 15) is 9.59 Å². The van der Waals surface area contributed by atoms with Crippen LogP contribution in [-0.2, 0) is 9.59 Å². The van der Waals surface area contributed by atoms with E-state index in [-0.39, 0.29) is 17.9 Å². The molecule has 4 nitrogen and oxygen atoms in total. The summed E-state index contributed by atoms with van der Waals surface area (Å²) in [4.78, 5) is 22.4. The van der Waals surface area contributed by atoms with Crippen LogP contribution in [0.5, 0.6) is 0 Å². The summed E-state index contributed by atoms with van der Waals surface area (Å²) < 4.78 is 0. The Morgan fingerprint density at radius 1 is 1.00 bits per heavy atom. The molecular weight excluding hydrogens is 204 g/mol. The van der Waals surface area contributed by atoms with Crippen molar-refractivity contribution in [2.75, 3.05) is 0 Å². The standard InChI is InChI=1S/C12H24N2O2/c1-8(2)6-7-9(3)13-12(16)10(4)14-11(5)15/h8-10H,6-7H2,1-5H3,(H,13,16)(H,14,15). The first-order chi connectivity index (χ1) is 7.32. The Bertz CT molecular complexity index is 239. The van der Waals surface area contributed by atoms with Gasteiger partial charge in [-0.05, 0) is 32.6 Å². The molecule has 0 heterocycles. The van der Waals surface area contributed by atoms with Crippen molar-refractivity contribution in [1.29, 1.82) is 0 Å². The smallest absolute Gasteiger partial charge is 0.242 e. The second kappa shape index (κ2) is 7.25. The summed E-state index contributed by atoms with van der Waals surface area (Å²) in [7, 11) is 0. The van der Waals surface area contributed by atoms with E-state index >= 15 is 0 Å². The lowest BCUT2D eigenvalue weighted by molar-refractivity contribution is -0.128. The molecule has 0 spiro atoms. The van der Waals surface area contributed by atoms with E-state index < -0.39 is 6.04 Å². The van der Waals surface area contributed by atoms with Crippen LogP contribution in [0, 0.1) is 5.92 Å². The molecule has 0 saturated carbocycles. The van der Waals surface area contributed by atoms with Crippen LogP contribution in [-0.4, -0.2) is 23.9 Å². The van der Waals surface area contributed by atoms with E-state index in [2.05, 4.69) is 24.5 Å². The number of carbonyl (C=O) groups excluding carboxylic acids is 2. The largest absolute Gasteiger partial charge is 0.352 e. The fourth-order valence-corrected chi connectivity index (χ4v) is 1.39. The minimum atomic E-state index is -0.459. The minimum Gasteiger partial charge on any atom is -0.352 e. The van der Waals surface area contributed by atoms with Crippen molar-refractivity contribution in [3.05, 3.63) is 0 Å². The third kappa shape index (κ3) is 7.26. The van der Waals surface area contributed by atoms with Gasteiger partial charge in [0.1, 0.15) is 6.04 Å². The van der Waals surface area contributed by atoms with Crippen LogP contribution in [0.25, 0.3) is 0 Å². The second-order valence-corrected chi connectivity index (χ2v) is 4.80. The Kier molecular flexibility index (Phi) is 6.77. The fraction of sp³-hybridized carbons (Fsp3) is 0.833. The molecule has 0 rings (SSSR count). The topological polar surface area (TPSA) is 58.2 Å². The molecule has 2 N–H and O–H groups in total. The zero-order valence-electron chi connectivity index (χ0n) is 11.0. The van der Waals surface area contributed by atoms with Crippen LogP contribution in [0.4, 0.5) is 0 Å². The number of carbonyl (C=O) groups is 2. The highest BCUT2D eigenvalue weighted by molar-refractivity contribution is 5.86. The van der Waals surface area contributed by atoms with Crippen LogP contribution < -0.4 is 10.6 Å². The Balaban J connectivity index is 3.89. The van der Waals surface area contributed by atoms with Crippen molar-refractivity contribution in [3.63, 3.8) is 0 Å². The number of nitrogens with one attached hydrogen (secondary N) is 2. The third-order valence-corrected chi connectivity index (χ3v) is 2.38.